The molecule has 5 heteroatoms. The molecule has 1 amide bonds. The number of aromatic nitrogens is 1. The molecule has 1 heterocycles. The van der Waals surface area contributed by atoms with E-state index >= 15 is 0 Å². The first-order valence-electron chi connectivity index (χ1n) is 7.46. The number of amides is 1. The Bertz CT molecular complexity index is 862. The van der Waals surface area contributed by atoms with Crippen LogP contribution < -0.4 is 10.6 Å². The molecule has 0 bridgehead atoms. The Balaban J connectivity index is 1.85. The van der Waals surface area contributed by atoms with Crippen molar-refractivity contribution in [3.63, 3.8) is 0 Å². The van der Waals surface area contributed by atoms with E-state index in [1.807, 2.05) is 54.6 Å². The topological polar surface area (TPSA) is 54.0 Å². The zero-order chi connectivity index (χ0) is 16.9. The number of rotatable bonds is 4. The zero-order valence-electron chi connectivity index (χ0n) is 13.1. The van der Waals surface area contributed by atoms with Crippen molar-refractivity contribution in [3.8, 4) is 11.1 Å². The number of nitrogens with zero attached hydrogens (tertiary/aromatic N) is 1. The van der Waals surface area contributed by atoms with Crippen molar-refractivity contribution >= 4 is 34.6 Å². The number of carbonyl (C=O) groups excluding carboxylic acids is 1. The highest BCUT2D eigenvalue weighted by Gasteiger charge is 2.03. The van der Waals surface area contributed by atoms with E-state index < -0.39 is 0 Å². The molecule has 0 unspecified atom stereocenters. The van der Waals surface area contributed by atoms with Crippen LogP contribution in [0.15, 0.2) is 67.0 Å². The Kier molecular flexibility index (Phi) is 4.77. The van der Waals surface area contributed by atoms with Gasteiger partial charge in [-0.05, 0) is 48.0 Å². The largest absolute Gasteiger partial charge is 0.354 e. The summed E-state index contributed by atoms with van der Waals surface area (Å²) in [6, 6.07) is 17.1. The molecular weight excluding hydrogens is 322 g/mol. The van der Waals surface area contributed by atoms with Crippen molar-refractivity contribution in [2.45, 2.75) is 6.92 Å². The summed E-state index contributed by atoms with van der Waals surface area (Å²) >= 11 is 5.90. The summed E-state index contributed by atoms with van der Waals surface area (Å²) in [5.74, 6) is -0.0940. The fourth-order valence-electron chi connectivity index (χ4n) is 2.35. The van der Waals surface area contributed by atoms with Crippen LogP contribution in [-0.2, 0) is 4.79 Å². The van der Waals surface area contributed by atoms with Gasteiger partial charge in [0.05, 0.1) is 11.9 Å². The van der Waals surface area contributed by atoms with E-state index in [0.29, 0.717) is 5.02 Å². The third-order valence-corrected chi connectivity index (χ3v) is 3.64. The van der Waals surface area contributed by atoms with Gasteiger partial charge in [-0.25, -0.2) is 0 Å². The van der Waals surface area contributed by atoms with Crippen LogP contribution in [0.3, 0.4) is 0 Å². The molecule has 24 heavy (non-hydrogen) atoms. The Morgan fingerprint density at radius 3 is 2.42 bits per heavy atom. The predicted octanol–water partition coefficient (Wildman–Crippen LogP) is 5.10. The molecule has 0 saturated heterocycles. The summed E-state index contributed by atoms with van der Waals surface area (Å²) in [7, 11) is 0. The molecule has 3 aromatic rings. The van der Waals surface area contributed by atoms with Crippen molar-refractivity contribution in [2.24, 2.45) is 0 Å². The normalized spacial score (nSPS) is 10.2. The second-order valence-corrected chi connectivity index (χ2v) is 5.79. The van der Waals surface area contributed by atoms with Gasteiger partial charge in [0.1, 0.15) is 0 Å². The Morgan fingerprint density at radius 1 is 0.917 bits per heavy atom. The van der Waals surface area contributed by atoms with Gasteiger partial charge in [-0.15, -0.1) is 0 Å². The molecule has 2 aromatic carbocycles. The quantitative estimate of drug-likeness (QED) is 0.696. The smallest absolute Gasteiger partial charge is 0.221 e. The average molecular weight is 338 g/mol. The fraction of sp³-hybridized carbons (Fsp3) is 0.0526. The Morgan fingerprint density at radius 2 is 1.67 bits per heavy atom. The van der Waals surface area contributed by atoms with Crippen LogP contribution in [0.1, 0.15) is 6.92 Å². The second kappa shape index (κ2) is 7.15. The molecule has 0 radical (unpaired) electrons. The van der Waals surface area contributed by atoms with Crippen molar-refractivity contribution in [2.75, 3.05) is 10.6 Å². The van der Waals surface area contributed by atoms with E-state index in [2.05, 4.69) is 15.6 Å². The minimum absolute atomic E-state index is 0.0940. The molecule has 0 aliphatic heterocycles. The van der Waals surface area contributed by atoms with Gasteiger partial charge in [0, 0.05) is 35.1 Å². The second-order valence-electron chi connectivity index (χ2n) is 5.36. The van der Waals surface area contributed by atoms with Gasteiger partial charge in [0.25, 0.3) is 0 Å². The minimum atomic E-state index is -0.0940. The number of carbonyl (C=O) groups is 1. The maximum Gasteiger partial charge on any atom is 0.221 e. The molecule has 1 aromatic heterocycles. The monoisotopic (exact) mass is 337 g/mol. The Hall–Kier alpha value is -2.85. The molecule has 4 nitrogen and oxygen atoms in total. The SMILES string of the molecule is CC(=O)Nc1cccc(-c2cncc(Nc3ccc(Cl)cc3)c2)c1. The lowest BCUT2D eigenvalue weighted by atomic mass is 10.1. The van der Waals surface area contributed by atoms with E-state index in [1.54, 1.807) is 12.4 Å². The molecule has 2 N–H and O–H groups in total. The van der Waals surface area contributed by atoms with E-state index in [4.69, 9.17) is 11.6 Å². The maximum atomic E-state index is 11.2. The third kappa shape index (κ3) is 4.12. The number of benzene rings is 2. The molecule has 120 valence electrons. The lowest BCUT2D eigenvalue weighted by Crippen LogP contribution is -2.05. The van der Waals surface area contributed by atoms with Crippen molar-refractivity contribution in [1.29, 1.82) is 0 Å². The van der Waals surface area contributed by atoms with Gasteiger partial charge in [-0.2, -0.15) is 0 Å². The fourth-order valence-corrected chi connectivity index (χ4v) is 2.47. The first kappa shape index (κ1) is 16.0. The molecule has 3 rings (SSSR count). The summed E-state index contributed by atoms with van der Waals surface area (Å²) in [5.41, 5.74) is 4.51. The van der Waals surface area contributed by atoms with Crippen LogP contribution >= 0.6 is 11.6 Å². The summed E-state index contributed by atoms with van der Waals surface area (Å²) < 4.78 is 0. The zero-order valence-corrected chi connectivity index (χ0v) is 13.8. The highest BCUT2D eigenvalue weighted by molar-refractivity contribution is 6.30. The average Bonchev–Trinajstić information content (AvgIpc) is 2.57. The lowest BCUT2D eigenvalue weighted by molar-refractivity contribution is -0.114. The van der Waals surface area contributed by atoms with Crippen LogP contribution in [0.5, 0.6) is 0 Å². The number of hydrogen-bond donors (Lipinski definition) is 2. The van der Waals surface area contributed by atoms with E-state index in [1.165, 1.54) is 6.92 Å². The standard InChI is InChI=1S/C19H16ClN3O/c1-13(24)22-18-4-2-3-14(9-18)15-10-19(12-21-11-15)23-17-7-5-16(20)6-8-17/h2-12,23H,1H3,(H,22,24). The molecule has 0 aliphatic carbocycles. The van der Waals surface area contributed by atoms with Gasteiger partial charge in [0.2, 0.25) is 5.91 Å². The Labute approximate surface area is 145 Å². The van der Waals surface area contributed by atoms with Crippen LogP contribution in [-0.4, -0.2) is 10.9 Å². The summed E-state index contributed by atoms with van der Waals surface area (Å²) in [4.78, 5) is 15.5. The van der Waals surface area contributed by atoms with E-state index in [0.717, 1.165) is 28.2 Å². The summed E-state index contributed by atoms with van der Waals surface area (Å²) in [6.07, 6.45) is 3.55. The lowest BCUT2D eigenvalue weighted by Gasteiger charge is -2.09. The molecule has 0 aliphatic rings. The van der Waals surface area contributed by atoms with Crippen molar-refractivity contribution in [3.05, 3.63) is 72.0 Å². The third-order valence-electron chi connectivity index (χ3n) is 3.39. The minimum Gasteiger partial charge on any atom is -0.354 e. The highest BCUT2D eigenvalue weighted by atomic mass is 35.5. The van der Waals surface area contributed by atoms with Gasteiger partial charge in [-0.1, -0.05) is 23.7 Å². The molecule has 0 spiro atoms. The van der Waals surface area contributed by atoms with Crippen molar-refractivity contribution in [1.82, 2.24) is 4.98 Å². The molecular formula is C19H16ClN3O. The number of halogens is 1. The number of anilines is 3. The number of nitrogens with one attached hydrogen (secondary N) is 2. The van der Waals surface area contributed by atoms with Crippen LogP contribution in [0.2, 0.25) is 5.02 Å². The predicted molar refractivity (Wildman–Crippen MR) is 98.7 cm³/mol. The molecule has 0 saturated carbocycles. The maximum absolute atomic E-state index is 11.2. The van der Waals surface area contributed by atoms with E-state index in [9.17, 15) is 4.79 Å². The summed E-state index contributed by atoms with van der Waals surface area (Å²) in [5, 5.41) is 6.78. The number of hydrogen-bond acceptors (Lipinski definition) is 3. The number of pyridine rings is 1. The first-order chi connectivity index (χ1) is 11.6. The first-order valence-corrected chi connectivity index (χ1v) is 7.83. The molecule has 0 atom stereocenters. The summed E-state index contributed by atoms with van der Waals surface area (Å²) in [6.45, 7) is 1.49. The van der Waals surface area contributed by atoms with Gasteiger partial charge < -0.3 is 10.6 Å². The van der Waals surface area contributed by atoms with Gasteiger partial charge in [-0.3, -0.25) is 9.78 Å². The van der Waals surface area contributed by atoms with Crippen LogP contribution in [0, 0.1) is 0 Å². The van der Waals surface area contributed by atoms with Gasteiger partial charge in [0.15, 0.2) is 0 Å². The van der Waals surface area contributed by atoms with Crippen LogP contribution in [0.25, 0.3) is 11.1 Å². The van der Waals surface area contributed by atoms with E-state index in [-0.39, 0.29) is 5.91 Å². The highest BCUT2D eigenvalue weighted by Crippen LogP contribution is 2.26. The van der Waals surface area contributed by atoms with Crippen LogP contribution in [0.4, 0.5) is 17.1 Å². The molecule has 0 fully saturated rings. The van der Waals surface area contributed by atoms with Gasteiger partial charge >= 0.3 is 0 Å². The van der Waals surface area contributed by atoms with Crippen molar-refractivity contribution < 1.29 is 4.79 Å².